The van der Waals surface area contributed by atoms with Crippen molar-refractivity contribution in [1.82, 2.24) is 5.32 Å². The third kappa shape index (κ3) is 2.99. The molecule has 2 nitrogen and oxygen atoms in total. The van der Waals surface area contributed by atoms with Crippen LogP contribution in [0.4, 0.5) is 0 Å². The minimum atomic E-state index is -0.0651. The number of carbonyl (C=O) groups excluding carboxylic acids is 1. The van der Waals surface area contributed by atoms with E-state index in [-0.39, 0.29) is 11.8 Å². The zero-order valence-electron chi connectivity index (χ0n) is 6.15. The maximum absolute atomic E-state index is 10.7. The molecule has 0 unspecified atom stereocenters. The Morgan fingerprint density at radius 1 is 1.64 bits per heavy atom. The molecule has 1 fully saturated rings. The summed E-state index contributed by atoms with van der Waals surface area (Å²) in [7, 11) is 0. The number of alkyl halides is 2. The summed E-state index contributed by atoms with van der Waals surface area (Å²) in [6.07, 6.45) is 2.34. The predicted molar refractivity (Wildman–Crippen MR) is 49.2 cm³/mol. The quantitative estimate of drug-likeness (QED) is 0.745. The van der Waals surface area contributed by atoms with Crippen molar-refractivity contribution in [1.29, 1.82) is 0 Å². The summed E-state index contributed by atoms with van der Waals surface area (Å²) in [4.78, 5) is 11.4. The van der Waals surface area contributed by atoms with Gasteiger partial charge >= 0.3 is 0 Å². The van der Waals surface area contributed by atoms with Crippen LogP contribution in [0.5, 0.6) is 0 Å². The summed E-state index contributed by atoms with van der Waals surface area (Å²) < 4.78 is 0. The van der Waals surface area contributed by atoms with Gasteiger partial charge in [0.15, 0.2) is 0 Å². The number of nitrogens with one attached hydrogen (secondary N) is 1. The van der Waals surface area contributed by atoms with Crippen molar-refractivity contribution in [2.45, 2.75) is 17.7 Å². The highest BCUT2D eigenvalue weighted by atomic mass is 79.9. The van der Waals surface area contributed by atoms with E-state index < -0.39 is 0 Å². The molecule has 1 N–H and O–H groups in total. The molecule has 0 aromatic rings. The van der Waals surface area contributed by atoms with Gasteiger partial charge in [0.25, 0.3) is 0 Å². The normalized spacial score (nSPS) is 29.3. The molecule has 0 aromatic carbocycles. The molecule has 1 aliphatic carbocycles. The van der Waals surface area contributed by atoms with Gasteiger partial charge in [0.1, 0.15) is 5.88 Å². The van der Waals surface area contributed by atoms with E-state index in [4.69, 9.17) is 11.6 Å². The van der Waals surface area contributed by atoms with Crippen molar-refractivity contribution in [3.05, 3.63) is 0 Å². The smallest absolute Gasteiger partial charge is 0.234 e. The van der Waals surface area contributed by atoms with Crippen LogP contribution in [0.15, 0.2) is 0 Å². The molecule has 1 aliphatic rings. The Labute approximate surface area is 79.8 Å². The maximum atomic E-state index is 10.7. The highest BCUT2D eigenvalue weighted by molar-refractivity contribution is 9.09. The van der Waals surface area contributed by atoms with Crippen LogP contribution in [0, 0.1) is 5.92 Å². The molecule has 0 heterocycles. The number of carbonyl (C=O) groups is 1. The Morgan fingerprint density at radius 2 is 2.27 bits per heavy atom. The van der Waals surface area contributed by atoms with Gasteiger partial charge < -0.3 is 5.32 Å². The number of halogens is 2. The summed E-state index contributed by atoms with van der Waals surface area (Å²) >= 11 is 8.79. The number of hydrogen-bond acceptors (Lipinski definition) is 1. The first-order chi connectivity index (χ1) is 5.22. The second-order valence-electron chi connectivity index (χ2n) is 2.87. The summed E-state index contributed by atoms with van der Waals surface area (Å²) in [5.41, 5.74) is 0. The van der Waals surface area contributed by atoms with Crippen LogP contribution in [0.3, 0.4) is 0 Å². The Bertz CT molecular complexity index is 147. The van der Waals surface area contributed by atoms with Crippen LogP contribution >= 0.6 is 27.5 Å². The Balaban J connectivity index is 2.00. The van der Waals surface area contributed by atoms with E-state index >= 15 is 0 Å². The van der Waals surface area contributed by atoms with Gasteiger partial charge in [-0.05, 0) is 18.8 Å². The first-order valence-electron chi connectivity index (χ1n) is 3.69. The number of hydrogen-bond donors (Lipinski definition) is 1. The molecule has 0 saturated heterocycles. The van der Waals surface area contributed by atoms with Gasteiger partial charge in [0.05, 0.1) is 0 Å². The van der Waals surface area contributed by atoms with Crippen molar-refractivity contribution in [2.24, 2.45) is 5.92 Å². The molecule has 1 rings (SSSR count). The number of amides is 1. The fraction of sp³-hybridized carbons (Fsp3) is 0.857. The standard InChI is InChI=1S/C7H11BrClNO/c8-6-1-5(2-6)4-10-7(11)3-9/h5-6H,1-4H2,(H,10,11). The highest BCUT2D eigenvalue weighted by Crippen LogP contribution is 2.32. The predicted octanol–water partition coefficient (Wildman–Crippen LogP) is 1.51. The third-order valence-electron chi connectivity index (χ3n) is 1.89. The van der Waals surface area contributed by atoms with Crippen LogP contribution in [0.25, 0.3) is 0 Å². The third-order valence-corrected chi connectivity index (χ3v) is 2.88. The van der Waals surface area contributed by atoms with Crippen molar-refractivity contribution >= 4 is 33.4 Å². The molecule has 1 amide bonds. The fourth-order valence-corrected chi connectivity index (χ4v) is 2.28. The first kappa shape index (κ1) is 9.33. The van der Waals surface area contributed by atoms with Gasteiger partial charge in [-0.2, -0.15) is 0 Å². The van der Waals surface area contributed by atoms with Crippen LogP contribution in [-0.4, -0.2) is 23.2 Å². The largest absolute Gasteiger partial charge is 0.355 e. The van der Waals surface area contributed by atoms with E-state index in [9.17, 15) is 4.79 Å². The van der Waals surface area contributed by atoms with Crippen molar-refractivity contribution in [2.75, 3.05) is 12.4 Å². The lowest BCUT2D eigenvalue weighted by molar-refractivity contribution is -0.118. The van der Waals surface area contributed by atoms with Crippen LogP contribution in [0.1, 0.15) is 12.8 Å². The van der Waals surface area contributed by atoms with E-state index in [1.165, 1.54) is 12.8 Å². The van der Waals surface area contributed by atoms with E-state index in [0.717, 1.165) is 6.54 Å². The molecule has 0 aromatic heterocycles. The van der Waals surface area contributed by atoms with Crippen molar-refractivity contribution in [3.8, 4) is 0 Å². The lowest BCUT2D eigenvalue weighted by atomic mass is 9.85. The summed E-state index contributed by atoms with van der Waals surface area (Å²) in [6.45, 7) is 0.785. The second kappa shape index (κ2) is 4.31. The topological polar surface area (TPSA) is 29.1 Å². The second-order valence-corrected chi connectivity index (χ2v) is 4.43. The molecule has 0 bridgehead atoms. The molecule has 4 heteroatoms. The summed E-state index contributed by atoms with van der Waals surface area (Å²) in [5, 5.41) is 2.76. The molecular formula is C7H11BrClNO. The lowest BCUT2D eigenvalue weighted by Gasteiger charge is -2.31. The monoisotopic (exact) mass is 239 g/mol. The Morgan fingerprint density at radius 3 is 2.73 bits per heavy atom. The molecule has 0 spiro atoms. The zero-order valence-corrected chi connectivity index (χ0v) is 8.49. The molecule has 1 saturated carbocycles. The highest BCUT2D eigenvalue weighted by Gasteiger charge is 2.26. The van der Waals surface area contributed by atoms with Gasteiger partial charge in [0.2, 0.25) is 5.91 Å². The van der Waals surface area contributed by atoms with Crippen LogP contribution < -0.4 is 5.32 Å². The summed E-state index contributed by atoms with van der Waals surface area (Å²) in [5.74, 6) is 0.668. The summed E-state index contributed by atoms with van der Waals surface area (Å²) in [6, 6.07) is 0. The van der Waals surface area contributed by atoms with Gasteiger partial charge in [-0.1, -0.05) is 15.9 Å². The Hall–Kier alpha value is 0.240. The Kier molecular flexibility index (Phi) is 3.66. The van der Waals surface area contributed by atoms with Crippen molar-refractivity contribution in [3.63, 3.8) is 0 Å². The number of rotatable bonds is 3. The van der Waals surface area contributed by atoms with Gasteiger partial charge in [-0.15, -0.1) is 11.6 Å². The molecule has 0 radical (unpaired) electrons. The van der Waals surface area contributed by atoms with E-state index in [2.05, 4.69) is 21.2 Å². The van der Waals surface area contributed by atoms with E-state index in [0.29, 0.717) is 10.7 Å². The van der Waals surface area contributed by atoms with Gasteiger partial charge in [0, 0.05) is 11.4 Å². The SMILES string of the molecule is O=C(CCl)NCC1CC(Br)C1. The van der Waals surface area contributed by atoms with Crippen LogP contribution in [0.2, 0.25) is 0 Å². The average molecular weight is 241 g/mol. The first-order valence-corrected chi connectivity index (χ1v) is 5.14. The minimum absolute atomic E-state index is 0.0651. The van der Waals surface area contributed by atoms with Gasteiger partial charge in [-0.25, -0.2) is 0 Å². The maximum Gasteiger partial charge on any atom is 0.234 e. The minimum Gasteiger partial charge on any atom is -0.355 e. The average Bonchev–Trinajstić information content (AvgIpc) is 1.95. The van der Waals surface area contributed by atoms with Crippen LogP contribution in [-0.2, 0) is 4.79 Å². The van der Waals surface area contributed by atoms with Crippen molar-refractivity contribution < 1.29 is 4.79 Å². The lowest BCUT2D eigenvalue weighted by Crippen LogP contribution is -2.36. The van der Waals surface area contributed by atoms with Gasteiger partial charge in [-0.3, -0.25) is 4.79 Å². The molecule has 11 heavy (non-hydrogen) atoms. The fourth-order valence-electron chi connectivity index (χ4n) is 1.13. The van der Waals surface area contributed by atoms with E-state index in [1.807, 2.05) is 0 Å². The van der Waals surface area contributed by atoms with E-state index in [1.54, 1.807) is 0 Å². The molecular weight excluding hydrogens is 229 g/mol. The molecule has 64 valence electrons. The molecule has 0 atom stereocenters. The zero-order chi connectivity index (χ0) is 8.27. The molecule has 0 aliphatic heterocycles.